The Hall–Kier alpha value is -3.56. The summed E-state index contributed by atoms with van der Waals surface area (Å²) in [5.74, 6) is -1.05. The molecule has 0 aliphatic heterocycles. The average Bonchev–Trinajstić information content (AvgIpc) is 2.84. The predicted octanol–water partition coefficient (Wildman–Crippen LogP) is 3.31. The summed E-state index contributed by atoms with van der Waals surface area (Å²) in [7, 11) is -4.00. The van der Waals surface area contributed by atoms with Gasteiger partial charge >= 0.3 is 5.97 Å². The van der Waals surface area contributed by atoms with Crippen LogP contribution < -0.4 is 5.32 Å². The summed E-state index contributed by atoms with van der Waals surface area (Å²) in [6.45, 7) is 3.52. The summed E-state index contributed by atoms with van der Waals surface area (Å²) in [5, 5.41) is 2.78. The van der Waals surface area contributed by atoms with Crippen molar-refractivity contribution in [2.45, 2.75) is 31.2 Å². The molecule has 2 aromatic carbocycles. The SMILES string of the molecule is CCOC(=O)c1ccc(C(=O)N[C@H](COS(=O)(=O)c2ccc(C)cc2)Cc2ccccc2)nc1. The molecule has 1 N–H and O–H groups in total. The first-order chi connectivity index (χ1) is 16.3. The van der Waals surface area contributed by atoms with Crippen LogP contribution in [0.1, 0.15) is 38.9 Å². The van der Waals surface area contributed by atoms with Crippen LogP contribution in [0.25, 0.3) is 0 Å². The molecule has 3 aromatic rings. The highest BCUT2D eigenvalue weighted by molar-refractivity contribution is 7.86. The number of aryl methyl sites for hydroxylation is 1. The second kappa shape index (κ2) is 11.5. The molecule has 1 atom stereocenters. The molecule has 1 heterocycles. The molecule has 0 saturated carbocycles. The highest BCUT2D eigenvalue weighted by Crippen LogP contribution is 2.15. The number of carbonyl (C=O) groups is 2. The average molecular weight is 483 g/mol. The number of nitrogens with zero attached hydrogens (tertiary/aromatic N) is 1. The maximum atomic E-state index is 12.8. The number of hydrogen-bond acceptors (Lipinski definition) is 7. The summed E-state index contributed by atoms with van der Waals surface area (Å²) in [5.41, 5.74) is 2.13. The van der Waals surface area contributed by atoms with Crippen LogP contribution in [-0.4, -0.2) is 44.5 Å². The molecule has 178 valence electrons. The third-order valence-corrected chi connectivity index (χ3v) is 6.20. The van der Waals surface area contributed by atoms with Crippen LogP contribution in [-0.2, 0) is 25.5 Å². The van der Waals surface area contributed by atoms with Crippen molar-refractivity contribution in [3.8, 4) is 0 Å². The molecule has 1 amide bonds. The van der Waals surface area contributed by atoms with Crippen molar-refractivity contribution >= 4 is 22.0 Å². The Kier molecular flexibility index (Phi) is 8.50. The van der Waals surface area contributed by atoms with Crippen molar-refractivity contribution in [1.29, 1.82) is 0 Å². The zero-order valence-electron chi connectivity index (χ0n) is 18.9. The van der Waals surface area contributed by atoms with E-state index in [-0.39, 0.29) is 29.4 Å². The van der Waals surface area contributed by atoms with Gasteiger partial charge in [0, 0.05) is 6.20 Å². The number of esters is 1. The lowest BCUT2D eigenvalue weighted by atomic mass is 10.1. The number of amides is 1. The molecular weight excluding hydrogens is 456 g/mol. The van der Waals surface area contributed by atoms with Crippen LogP contribution in [0.15, 0.2) is 77.8 Å². The number of pyridine rings is 1. The topological polar surface area (TPSA) is 112 Å². The quantitative estimate of drug-likeness (QED) is 0.348. The lowest BCUT2D eigenvalue weighted by molar-refractivity contribution is 0.0525. The second-order valence-electron chi connectivity index (χ2n) is 7.56. The van der Waals surface area contributed by atoms with Gasteiger partial charge in [0.15, 0.2) is 0 Å². The first kappa shape index (κ1) is 25.1. The minimum atomic E-state index is -4.00. The van der Waals surface area contributed by atoms with Gasteiger partial charge in [-0.2, -0.15) is 8.42 Å². The Labute approximate surface area is 199 Å². The summed E-state index contributed by atoms with van der Waals surface area (Å²) >= 11 is 0. The number of carbonyl (C=O) groups excluding carboxylic acids is 2. The van der Waals surface area contributed by atoms with Crippen LogP contribution in [0.4, 0.5) is 0 Å². The number of ether oxygens (including phenoxy) is 1. The fourth-order valence-electron chi connectivity index (χ4n) is 3.12. The number of aromatic nitrogens is 1. The van der Waals surface area contributed by atoms with Crippen molar-refractivity contribution in [1.82, 2.24) is 10.3 Å². The van der Waals surface area contributed by atoms with E-state index in [4.69, 9.17) is 8.92 Å². The Morgan fingerprint density at radius 2 is 1.71 bits per heavy atom. The molecule has 0 unspecified atom stereocenters. The van der Waals surface area contributed by atoms with Gasteiger partial charge in [0.05, 0.1) is 29.7 Å². The standard InChI is InChI=1S/C25H26N2O6S/c1-3-32-25(29)20-11-14-23(26-16-20)24(28)27-21(15-19-7-5-4-6-8-19)17-33-34(30,31)22-12-9-18(2)10-13-22/h4-14,16,21H,3,15,17H2,1-2H3,(H,27,28)/t21-/m0/s1. The third kappa shape index (κ3) is 6.97. The fourth-order valence-corrected chi connectivity index (χ4v) is 4.07. The van der Waals surface area contributed by atoms with E-state index in [0.717, 1.165) is 11.1 Å². The van der Waals surface area contributed by atoms with E-state index in [9.17, 15) is 18.0 Å². The Balaban J connectivity index is 1.73. The van der Waals surface area contributed by atoms with Gasteiger partial charge in [0.2, 0.25) is 0 Å². The second-order valence-corrected chi connectivity index (χ2v) is 9.18. The van der Waals surface area contributed by atoms with E-state index >= 15 is 0 Å². The fraction of sp³-hybridized carbons (Fsp3) is 0.240. The van der Waals surface area contributed by atoms with E-state index in [1.165, 1.54) is 30.5 Å². The van der Waals surface area contributed by atoms with Gasteiger partial charge in [-0.15, -0.1) is 0 Å². The molecule has 1 aromatic heterocycles. The maximum Gasteiger partial charge on any atom is 0.339 e. The maximum absolute atomic E-state index is 12.8. The third-order valence-electron chi connectivity index (χ3n) is 4.90. The highest BCUT2D eigenvalue weighted by atomic mass is 32.2. The van der Waals surface area contributed by atoms with Crippen LogP contribution in [0.5, 0.6) is 0 Å². The van der Waals surface area contributed by atoms with Crippen molar-refractivity contribution in [3.63, 3.8) is 0 Å². The van der Waals surface area contributed by atoms with Crippen LogP contribution in [0.3, 0.4) is 0 Å². The van der Waals surface area contributed by atoms with E-state index in [1.807, 2.05) is 37.3 Å². The van der Waals surface area contributed by atoms with Crippen molar-refractivity contribution in [3.05, 3.63) is 95.3 Å². The van der Waals surface area contributed by atoms with Crippen LogP contribution in [0.2, 0.25) is 0 Å². The van der Waals surface area contributed by atoms with Gasteiger partial charge in [-0.3, -0.25) is 14.0 Å². The number of hydrogen-bond donors (Lipinski definition) is 1. The van der Waals surface area contributed by atoms with Crippen molar-refractivity contribution in [2.75, 3.05) is 13.2 Å². The number of benzene rings is 2. The number of rotatable bonds is 10. The highest BCUT2D eigenvalue weighted by Gasteiger charge is 2.21. The minimum Gasteiger partial charge on any atom is -0.462 e. The molecule has 0 radical (unpaired) electrons. The zero-order chi connectivity index (χ0) is 24.6. The van der Waals surface area contributed by atoms with Crippen molar-refractivity contribution < 1.29 is 26.9 Å². The summed E-state index contributed by atoms with van der Waals surface area (Å²) in [6.07, 6.45) is 1.61. The van der Waals surface area contributed by atoms with Gasteiger partial charge in [0.25, 0.3) is 16.0 Å². The van der Waals surface area contributed by atoms with E-state index in [1.54, 1.807) is 19.1 Å². The summed E-state index contributed by atoms with van der Waals surface area (Å²) < 4.78 is 35.4. The van der Waals surface area contributed by atoms with Gasteiger partial charge in [-0.25, -0.2) is 4.79 Å². The Morgan fingerprint density at radius 3 is 2.32 bits per heavy atom. The van der Waals surface area contributed by atoms with Gasteiger partial charge in [-0.05, 0) is 50.1 Å². The van der Waals surface area contributed by atoms with E-state index < -0.39 is 28.0 Å². The molecule has 34 heavy (non-hydrogen) atoms. The molecule has 0 spiro atoms. The Morgan fingerprint density at radius 1 is 1.00 bits per heavy atom. The molecule has 0 fully saturated rings. The van der Waals surface area contributed by atoms with E-state index in [0.29, 0.717) is 6.42 Å². The van der Waals surface area contributed by atoms with Gasteiger partial charge in [0.1, 0.15) is 5.69 Å². The first-order valence-electron chi connectivity index (χ1n) is 10.7. The molecule has 9 heteroatoms. The summed E-state index contributed by atoms with van der Waals surface area (Å²) in [6, 6.07) is 17.9. The number of nitrogens with one attached hydrogen (secondary N) is 1. The lowest BCUT2D eigenvalue weighted by Gasteiger charge is -2.19. The lowest BCUT2D eigenvalue weighted by Crippen LogP contribution is -2.40. The summed E-state index contributed by atoms with van der Waals surface area (Å²) in [4.78, 5) is 28.7. The first-order valence-corrected chi connectivity index (χ1v) is 12.1. The van der Waals surface area contributed by atoms with Gasteiger partial charge in [-0.1, -0.05) is 48.0 Å². The Bertz CT molecular complexity index is 1210. The predicted molar refractivity (Wildman–Crippen MR) is 126 cm³/mol. The van der Waals surface area contributed by atoms with Gasteiger partial charge < -0.3 is 10.1 Å². The molecule has 0 aliphatic carbocycles. The molecule has 0 aliphatic rings. The molecule has 0 bridgehead atoms. The monoisotopic (exact) mass is 482 g/mol. The van der Waals surface area contributed by atoms with Crippen molar-refractivity contribution in [2.24, 2.45) is 0 Å². The normalized spacial score (nSPS) is 12.1. The molecule has 8 nitrogen and oxygen atoms in total. The molecular formula is C25H26N2O6S. The smallest absolute Gasteiger partial charge is 0.339 e. The molecule has 0 saturated heterocycles. The minimum absolute atomic E-state index is 0.0408. The van der Waals surface area contributed by atoms with Crippen LogP contribution in [0, 0.1) is 6.92 Å². The molecule has 3 rings (SSSR count). The zero-order valence-corrected chi connectivity index (χ0v) is 19.7. The largest absolute Gasteiger partial charge is 0.462 e. The van der Waals surface area contributed by atoms with Crippen LogP contribution >= 0.6 is 0 Å². The van der Waals surface area contributed by atoms with E-state index in [2.05, 4.69) is 10.3 Å².